The van der Waals surface area contributed by atoms with Gasteiger partial charge in [-0.3, -0.25) is 9.59 Å². The van der Waals surface area contributed by atoms with E-state index in [9.17, 15) is 14.4 Å². The van der Waals surface area contributed by atoms with Crippen LogP contribution in [-0.4, -0.2) is 21.4 Å². The number of carbonyl (C=O) groups is 2. The highest BCUT2D eigenvalue weighted by Crippen LogP contribution is 2.20. The highest BCUT2D eigenvalue weighted by molar-refractivity contribution is 5.99. The summed E-state index contributed by atoms with van der Waals surface area (Å²) < 4.78 is 1.30. The third-order valence-electron chi connectivity index (χ3n) is 3.80. The predicted molar refractivity (Wildman–Crippen MR) is 87.2 cm³/mol. The molecule has 0 saturated carbocycles. The zero-order valence-corrected chi connectivity index (χ0v) is 13.3. The van der Waals surface area contributed by atoms with Crippen molar-refractivity contribution in [3.8, 4) is 0 Å². The van der Waals surface area contributed by atoms with Crippen LogP contribution in [0.5, 0.6) is 0 Å². The fourth-order valence-corrected chi connectivity index (χ4v) is 2.56. The smallest absolute Gasteiger partial charge is 0.341 e. The Labute approximate surface area is 134 Å². The quantitative estimate of drug-likeness (QED) is 0.860. The van der Waals surface area contributed by atoms with E-state index in [1.807, 2.05) is 13.8 Å². The largest absolute Gasteiger partial charge is 0.477 e. The Morgan fingerprint density at radius 2 is 1.61 bits per heavy atom. The van der Waals surface area contributed by atoms with Crippen molar-refractivity contribution in [2.24, 2.45) is 0 Å². The molecule has 2 aromatic rings. The van der Waals surface area contributed by atoms with Crippen LogP contribution in [0.15, 0.2) is 47.3 Å². The van der Waals surface area contributed by atoms with Crippen LogP contribution in [0.25, 0.3) is 0 Å². The van der Waals surface area contributed by atoms with Crippen LogP contribution in [-0.2, 0) is 0 Å². The van der Waals surface area contributed by atoms with Gasteiger partial charge in [0.25, 0.3) is 5.56 Å². The van der Waals surface area contributed by atoms with Crippen molar-refractivity contribution in [2.75, 3.05) is 0 Å². The number of hydrogen-bond donors (Lipinski definition) is 1. The summed E-state index contributed by atoms with van der Waals surface area (Å²) in [4.78, 5) is 36.4. The monoisotopic (exact) mass is 313 g/mol. The molecule has 1 atom stereocenters. The molecule has 0 bridgehead atoms. The van der Waals surface area contributed by atoms with Crippen LogP contribution in [0.3, 0.4) is 0 Å². The maximum absolute atomic E-state index is 12.6. The van der Waals surface area contributed by atoms with E-state index in [4.69, 9.17) is 5.11 Å². The number of nitrogens with zero attached hydrogens (tertiary/aromatic N) is 1. The van der Waals surface area contributed by atoms with Gasteiger partial charge in [0.15, 0.2) is 5.78 Å². The Hall–Kier alpha value is -2.69. The Kier molecular flexibility index (Phi) is 4.79. The number of carbonyl (C=O) groups excluding carboxylic acids is 1. The lowest BCUT2D eigenvalue weighted by Gasteiger charge is -2.21. The second-order valence-electron chi connectivity index (χ2n) is 5.71. The van der Waals surface area contributed by atoms with Crippen LogP contribution in [0.1, 0.15) is 59.1 Å². The molecule has 0 aliphatic carbocycles. The molecule has 5 nitrogen and oxygen atoms in total. The van der Waals surface area contributed by atoms with Gasteiger partial charge in [0, 0.05) is 11.3 Å². The number of ketones is 1. The first kappa shape index (κ1) is 16.7. The van der Waals surface area contributed by atoms with E-state index in [-0.39, 0.29) is 17.3 Å². The maximum Gasteiger partial charge on any atom is 0.341 e. The van der Waals surface area contributed by atoms with Crippen molar-refractivity contribution in [3.63, 3.8) is 0 Å². The number of carboxylic acids is 1. The summed E-state index contributed by atoms with van der Waals surface area (Å²) in [6, 6.07) is 10.8. The molecule has 0 spiro atoms. The van der Waals surface area contributed by atoms with E-state index in [1.54, 1.807) is 43.3 Å². The molecule has 0 radical (unpaired) electrons. The Morgan fingerprint density at radius 1 is 1.00 bits per heavy atom. The number of hydrogen-bond acceptors (Lipinski definition) is 3. The van der Waals surface area contributed by atoms with Crippen molar-refractivity contribution < 1.29 is 14.7 Å². The molecule has 0 saturated heterocycles. The molecular weight excluding hydrogens is 294 g/mol. The van der Waals surface area contributed by atoms with Gasteiger partial charge in [-0.1, -0.05) is 44.2 Å². The molecule has 1 aromatic carbocycles. The van der Waals surface area contributed by atoms with Gasteiger partial charge >= 0.3 is 5.97 Å². The van der Waals surface area contributed by atoms with Gasteiger partial charge in [0.1, 0.15) is 5.56 Å². The Morgan fingerprint density at radius 3 is 2.13 bits per heavy atom. The molecule has 23 heavy (non-hydrogen) atoms. The van der Waals surface area contributed by atoms with Gasteiger partial charge in [0.05, 0.1) is 6.04 Å². The van der Waals surface area contributed by atoms with Gasteiger partial charge in [-0.15, -0.1) is 0 Å². The fraction of sp³-hybridized carbons (Fsp3) is 0.278. The van der Waals surface area contributed by atoms with Crippen molar-refractivity contribution in [1.82, 2.24) is 4.57 Å². The summed E-state index contributed by atoms with van der Waals surface area (Å²) in [5.41, 5.74) is 0.140. The minimum atomic E-state index is -1.29. The average Bonchev–Trinajstić information content (AvgIpc) is 2.53. The zero-order chi connectivity index (χ0) is 17.1. The first-order valence-electron chi connectivity index (χ1n) is 7.42. The molecule has 2 rings (SSSR count). The van der Waals surface area contributed by atoms with E-state index in [1.165, 1.54) is 10.6 Å². The SMILES string of the molecule is CC(C)c1ccc(C(=O)O)c(=O)n1C(C)C(=O)c1ccccc1. The molecule has 0 aliphatic rings. The van der Waals surface area contributed by atoms with Crippen LogP contribution in [0.4, 0.5) is 0 Å². The van der Waals surface area contributed by atoms with Gasteiger partial charge in [-0.05, 0) is 25.0 Å². The third-order valence-corrected chi connectivity index (χ3v) is 3.80. The lowest BCUT2D eigenvalue weighted by atomic mass is 10.0. The number of rotatable bonds is 5. The topological polar surface area (TPSA) is 76.4 Å². The number of aromatic nitrogens is 1. The zero-order valence-electron chi connectivity index (χ0n) is 13.3. The first-order valence-corrected chi connectivity index (χ1v) is 7.42. The second-order valence-corrected chi connectivity index (χ2v) is 5.71. The molecular formula is C18H19NO4. The van der Waals surface area contributed by atoms with Gasteiger partial charge in [-0.25, -0.2) is 4.79 Å². The summed E-state index contributed by atoms with van der Waals surface area (Å²) in [5.74, 6) is -1.54. The molecule has 1 N–H and O–H groups in total. The van der Waals surface area contributed by atoms with Crippen LogP contribution in [0.2, 0.25) is 0 Å². The normalized spacial score (nSPS) is 12.2. The lowest BCUT2D eigenvalue weighted by Crippen LogP contribution is -2.34. The number of pyridine rings is 1. The highest BCUT2D eigenvalue weighted by atomic mass is 16.4. The van der Waals surface area contributed by atoms with Gasteiger partial charge in [0.2, 0.25) is 0 Å². The van der Waals surface area contributed by atoms with E-state index >= 15 is 0 Å². The van der Waals surface area contributed by atoms with Crippen LogP contribution >= 0.6 is 0 Å². The molecule has 5 heteroatoms. The minimum absolute atomic E-state index is 0.0171. The predicted octanol–water partition coefficient (Wildman–Crippen LogP) is 3.11. The third kappa shape index (κ3) is 3.23. The standard InChI is InChI=1S/C18H19NO4/c1-11(2)15-10-9-14(18(22)23)17(21)19(15)12(3)16(20)13-7-5-4-6-8-13/h4-12H,1-3H3,(H,22,23). The minimum Gasteiger partial charge on any atom is -0.477 e. The highest BCUT2D eigenvalue weighted by Gasteiger charge is 2.24. The number of aromatic carboxylic acids is 1. The molecule has 0 amide bonds. The van der Waals surface area contributed by atoms with E-state index in [0.717, 1.165) is 0 Å². The number of benzene rings is 1. The van der Waals surface area contributed by atoms with Crippen molar-refractivity contribution in [1.29, 1.82) is 0 Å². The molecule has 1 unspecified atom stereocenters. The van der Waals surface area contributed by atoms with Crippen molar-refractivity contribution in [3.05, 3.63) is 69.6 Å². The molecule has 120 valence electrons. The number of carboxylic acid groups (broad SMARTS) is 1. The summed E-state index contributed by atoms with van der Waals surface area (Å²) in [6.07, 6.45) is 0. The van der Waals surface area contributed by atoms with Gasteiger partial charge < -0.3 is 9.67 Å². The molecule has 0 fully saturated rings. The molecule has 1 aromatic heterocycles. The lowest BCUT2D eigenvalue weighted by molar-refractivity contribution is 0.0692. The van der Waals surface area contributed by atoms with Crippen molar-refractivity contribution in [2.45, 2.75) is 32.7 Å². The van der Waals surface area contributed by atoms with Crippen molar-refractivity contribution >= 4 is 11.8 Å². The Bertz CT molecular complexity index is 790. The molecule has 1 heterocycles. The first-order chi connectivity index (χ1) is 10.8. The van der Waals surface area contributed by atoms with E-state index < -0.39 is 17.6 Å². The second kappa shape index (κ2) is 6.60. The van der Waals surface area contributed by atoms with E-state index in [0.29, 0.717) is 11.3 Å². The van der Waals surface area contributed by atoms with Crippen LogP contribution in [0, 0.1) is 0 Å². The average molecular weight is 313 g/mol. The summed E-state index contributed by atoms with van der Waals surface area (Å²) in [5, 5.41) is 9.16. The van der Waals surface area contributed by atoms with Crippen LogP contribution < -0.4 is 5.56 Å². The van der Waals surface area contributed by atoms with E-state index in [2.05, 4.69) is 0 Å². The Balaban J connectivity index is 2.60. The maximum atomic E-state index is 12.6. The summed E-state index contributed by atoms with van der Waals surface area (Å²) >= 11 is 0. The molecule has 0 aliphatic heterocycles. The summed E-state index contributed by atoms with van der Waals surface area (Å²) in [6.45, 7) is 5.41. The summed E-state index contributed by atoms with van der Waals surface area (Å²) in [7, 11) is 0. The van der Waals surface area contributed by atoms with Gasteiger partial charge in [-0.2, -0.15) is 0 Å². The number of Topliss-reactive ketones (excluding diaryl/α,β-unsaturated/α-hetero) is 1. The fourth-order valence-electron chi connectivity index (χ4n) is 2.56.